The van der Waals surface area contributed by atoms with Crippen molar-refractivity contribution in [1.29, 1.82) is 0 Å². The molecule has 0 aromatic rings. The first-order chi connectivity index (χ1) is 32.0. The van der Waals surface area contributed by atoms with Gasteiger partial charge in [-0.2, -0.15) is 0 Å². The highest BCUT2D eigenvalue weighted by Gasteiger charge is 2.62. The van der Waals surface area contributed by atoms with E-state index in [2.05, 4.69) is 10.6 Å². The molecule has 31 heteroatoms. The molecule has 31 nitrogen and oxygen atoms in total. The van der Waals surface area contributed by atoms with Crippen LogP contribution in [0.4, 0.5) is 0 Å². The van der Waals surface area contributed by atoms with Crippen LogP contribution in [0.1, 0.15) is 20.3 Å². The Bertz CT molecular complexity index is 1650. The quantitative estimate of drug-likeness (QED) is 0.0606. The first kappa shape index (κ1) is 56.3. The SMILES string of the molecule is CC(=O)N[C@H]1[C@H](O[C@@H]2[C@H](O[C@@]3(C(=O)O)C[C@H](O)[C@@H](NC(C)=O)[C@H]([C@H](O)[C@H](O)CO)O3)[C@@H](O)[C@H](O[C@H]3[C@H](O)[C@@H](O)[C@H](O)O[C@@H]3CO)O[C@@H]2CO)O[C@H](CO)[C@H](O)[C@@H]1O[C@@H]1O[C@H](CO)[C@H](O)[C@H](O)[C@H]1O. The van der Waals surface area contributed by atoms with Crippen LogP contribution in [0.25, 0.3) is 0 Å². The summed E-state index contributed by atoms with van der Waals surface area (Å²) in [6.07, 6.45) is -48.5. The molecular formula is C37H62N2O29. The van der Waals surface area contributed by atoms with E-state index in [1.165, 1.54) is 0 Å². The van der Waals surface area contributed by atoms with Crippen LogP contribution in [0.5, 0.6) is 0 Å². The number of hydrogen-bond donors (Lipinski definition) is 19. The van der Waals surface area contributed by atoms with Gasteiger partial charge in [0.05, 0.1) is 45.2 Å². The van der Waals surface area contributed by atoms with Crippen LogP contribution < -0.4 is 10.6 Å². The maximum absolute atomic E-state index is 13.4. The molecule has 0 unspecified atom stereocenters. The molecule has 5 rings (SSSR count). The van der Waals surface area contributed by atoms with Gasteiger partial charge in [0.2, 0.25) is 11.8 Å². The van der Waals surface area contributed by atoms with Gasteiger partial charge < -0.3 is 140 Å². The standard InChI is InChI=1S/C37H62N2O29/c1-9(45)38-17-11(47)3-37(36(58)59,67-30(17)19(49)12(48)4-40)68-31-26(56)35(64-27-15(7-43)60-32(57)24(54)23(27)53)63-16(8-44)28(31)65-33-18(39-10(2)46)29(21(51)14(6-42)61-33)66-34-25(55)22(52)20(50)13(5-41)62-34/h11-35,40-44,47-57H,3-8H2,1-2H3,(H,38,45)(H,39,46)(H,58,59)/t11-,12+,13+,14+,15+,16+,17+,18+,19+,20-,21-,22-,23+,24+,25+,26+,27+,28-,29+,30+,31+,32+,33-,34-,35-,37+/m0/s1. The summed E-state index contributed by atoms with van der Waals surface area (Å²) in [7, 11) is 0. The second-order valence-corrected chi connectivity index (χ2v) is 16.8. The van der Waals surface area contributed by atoms with Crippen molar-refractivity contribution < 1.29 is 144 Å². The lowest BCUT2D eigenvalue weighted by Gasteiger charge is -2.52. The number of ether oxygens (including phenoxy) is 9. The summed E-state index contributed by atoms with van der Waals surface area (Å²) in [5, 5.41) is 185. The number of carbonyl (C=O) groups excluding carboxylic acids is 2. The molecule has 5 aliphatic heterocycles. The molecule has 0 aromatic heterocycles. The first-order valence-corrected chi connectivity index (χ1v) is 21.2. The Morgan fingerprint density at radius 3 is 1.63 bits per heavy atom. The maximum atomic E-state index is 13.4. The molecule has 0 bridgehead atoms. The van der Waals surface area contributed by atoms with Crippen molar-refractivity contribution in [3.05, 3.63) is 0 Å². The normalized spacial score (nSPS) is 46.6. The first-order valence-electron chi connectivity index (χ1n) is 21.2. The summed E-state index contributed by atoms with van der Waals surface area (Å²) < 4.78 is 51.6. The van der Waals surface area contributed by atoms with E-state index in [4.69, 9.17) is 42.6 Å². The minimum atomic E-state index is -3.32. The van der Waals surface area contributed by atoms with Gasteiger partial charge in [-0.3, -0.25) is 9.59 Å². The molecule has 5 fully saturated rings. The molecule has 5 heterocycles. The molecule has 0 aromatic carbocycles. The molecule has 0 spiro atoms. The van der Waals surface area contributed by atoms with E-state index in [0.717, 1.165) is 13.8 Å². The molecule has 2 amide bonds. The molecule has 0 saturated carbocycles. The number of amides is 2. The Morgan fingerprint density at radius 1 is 0.574 bits per heavy atom. The topological polar surface area (TPSA) is 502 Å². The Labute approximate surface area is 384 Å². The number of carboxylic acids is 1. The van der Waals surface area contributed by atoms with Gasteiger partial charge in [0.1, 0.15) is 116 Å². The molecular weight excluding hydrogens is 936 g/mol. The number of aliphatic hydroxyl groups excluding tert-OH is 16. The molecule has 19 N–H and O–H groups in total. The fraction of sp³-hybridized carbons (Fsp3) is 0.919. The smallest absolute Gasteiger partial charge is 0.364 e. The number of nitrogens with one attached hydrogen (secondary N) is 2. The van der Waals surface area contributed by atoms with Crippen molar-refractivity contribution in [2.45, 2.75) is 179 Å². The van der Waals surface area contributed by atoms with E-state index in [-0.39, 0.29) is 0 Å². The van der Waals surface area contributed by atoms with E-state index in [1.807, 2.05) is 0 Å². The number of carbonyl (C=O) groups is 3. The van der Waals surface area contributed by atoms with Gasteiger partial charge in [-0.1, -0.05) is 0 Å². The Morgan fingerprint density at radius 2 is 1.07 bits per heavy atom. The Balaban J connectivity index is 1.61. The summed E-state index contributed by atoms with van der Waals surface area (Å²) >= 11 is 0. The average molecular weight is 999 g/mol. The van der Waals surface area contributed by atoms with Gasteiger partial charge in [-0.25, -0.2) is 4.79 Å². The van der Waals surface area contributed by atoms with Crippen LogP contribution in [0, 0.1) is 0 Å². The fourth-order valence-corrected chi connectivity index (χ4v) is 8.53. The van der Waals surface area contributed by atoms with E-state index >= 15 is 0 Å². The monoisotopic (exact) mass is 998 g/mol. The Hall–Kier alpha value is -2.59. The van der Waals surface area contributed by atoms with E-state index < -0.39 is 216 Å². The molecule has 68 heavy (non-hydrogen) atoms. The van der Waals surface area contributed by atoms with Gasteiger partial charge in [0, 0.05) is 20.3 Å². The largest absolute Gasteiger partial charge is 0.477 e. The second-order valence-electron chi connectivity index (χ2n) is 16.8. The lowest BCUT2D eigenvalue weighted by atomic mass is 9.88. The van der Waals surface area contributed by atoms with Crippen LogP contribution in [0.3, 0.4) is 0 Å². The van der Waals surface area contributed by atoms with Crippen molar-refractivity contribution in [3.63, 3.8) is 0 Å². The predicted octanol–water partition coefficient (Wildman–Crippen LogP) is -12.4. The van der Waals surface area contributed by atoms with Crippen molar-refractivity contribution in [3.8, 4) is 0 Å². The minimum Gasteiger partial charge on any atom is -0.477 e. The molecule has 394 valence electrons. The number of rotatable bonds is 18. The molecule has 5 saturated heterocycles. The third-order valence-corrected chi connectivity index (χ3v) is 12.1. The van der Waals surface area contributed by atoms with Gasteiger partial charge in [0.25, 0.3) is 5.79 Å². The van der Waals surface area contributed by atoms with Gasteiger partial charge in [-0.05, 0) is 0 Å². The molecule has 26 atom stereocenters. The third kappa shape index (κ3) is 11.8. The summed E-state index contributed by atoms with van der Waals surface area (Å²) in [6, 6.07) is -3.59. The number of aliphatic carboxylic acids is 1. The van der Waals surface area contributed by atoms with Gasteiger partial charge >= 0.3 is 5.97 Å². The highest BCUT2D eigenvalue weighted by Crippen LogP contribution is 2.40. The maximum Gasteiger partial charge on any atom is 0.364 e. The van der Waals surface area contributed by atoms with E-state index in [9.17, 15) is 101 Å². The minimum absolute atomic E-state index is 0.856. The Kier molecular flexibility index (Phi) is 19.7. The molecule has 5 aliphatic rings. The molecule has 0 radical (unpaired) electrons. The van der Waals surface area contributed by atoms with Crippen molar-refractivity contribution in [1.82, 2.24) is 10.6 Å². The predicted molar refractivity (Wildman–Crippen MR) is 207 cm³/mol. The second kappa shape index (κ2) is 23.8. The van der Waals surface area contributed by atoms with Crippen molar-refractivity contribution in [2.75, 3.05) is 33.0 Å². The lowest BCUT2D eigenvalue weighted by molar-refractivity contribution is -0.402. The van der Waals surface area contributed by atoms with Crippen LogP contribution in [0.15, 0.2) is 0 Å². The van der Waals surface area contributed by atoms with Crippen molar-refractivity contribution >= 4 is 17.8 Å². The number of aliphatic hydroxyl groups is 16. The zero-order valence-electron chi connectivity index (χ0n) is 36.2. The van der Waals surface area contributed by atoms with Crippen molar-refractivity contribution in [2.24, 2.45) is 0 Å². The van der Waals surface area contributed by atoms with Crippen LogP contribution in [0.2, 0.25) is 0 Å². The average Bonchev–Trinajstić information content (AvgIpc) is 3.29. The third-order valence-electron chi connectivity index (χ3n) is 12.1. The zero-order valence-corrected chi connectivity index (χ0v) is 36.2. The van der Waals surface area contributed by atoms with Crippen LogP contribution in [-0.4, -0.2) is 297 Å². The molecule has 0 aliphatic carbocycles. The summed E-state index contributed by atoms with van der Waals surface area (Å²) in [5.41, 5.74) is 0. The highest BCUT2D eigenvalue weighted by molar-refractivity contribution is 5.76. The van der Waals surface area contributed by atoms with Gasteiger partial charge in [0.15, 0.2) is 25.2 Å². The zero-order chi connectivity index (χ0) is 50.7. The lowest BCUT2D eigenvalue weighted by Crippen LogP contribution is -2.72. The van der Waals surface area contributed by atoms with Crippen LogP contribution in [-0.2, 0) is 57.0 Å². The number of carboxylic acid groups (broad SMARTS) is 1. The fourth-order valence-electron chi connectivity index (χ4n) is 8.53. The summed E-state index contributed by atoms with van der Waals surface area (Å²) in [5.74, 6) is -7.24. The van der Waals surface area contributed by atoms with E-state index in [1.54, 1.807) is 0 Å². The number of hydrogen-bond acceptors (Lipinski definition) is 28. The summed E-state index contributed by atoms with van der Waals surface area (Å²) in [6.45, 7) is -3.48. The van der Waals surface area contributed by atoms with Crippen LogP contribution >= 0.6 is 0 Å². The van der Waals surface area contributed by atoms with E-state index in [0.29, 0.717) is 0 Å². The summed E-state index contributed by atoms with van der Waals surface area (Å²) in [4.78, 5) is 38.3. The van der Waals surface area contributed by atoms with Gasteiger partial charge in [-0.15, -0.1) is 0 Å². The highest BCUT2D eigenvalue weighted by atomic mass is 16.8.